The van der Waals surface area contributed by atoms with Gasteiger partial charge in [0.1, 0.15) is 0 Å². The summed E-state index contributed by atoms with van der Waals surface area (Å²) in [7, 11) is -3.11. The van der Waals surface area contributed by atoms with E-state index in [0.29, 0.717) is 12.8 Å². The van der Waals surface area contributed by atoms with Crippen LogP contribution in [0.2, 0.25) is 0 Å². The highest BCUT2D eigenvalue weighted by molar-refractivity contribution is 7.88. The number of carbonyl (C=O) groups excluding carboxylic acids is 1. The monoisotopic (exact) mass is 294 g/mol. The number of ether oxygens (including phenoxy) is 1. The maximum Gasteiger partial charge on any atom is 0.421 e. The molecule has 1 fully saturated rings. The van der Waals surface area contributed by atoms with Crippen LogP contribution in [0.1, 0.15) is 32.1 Å². The SMILES string of the molecule is COC(=O)NS(=O)(=O)NC1(C(N)=NO)CCCCC1. The molecule has 0 aromatic rings. The molecule has 0 unspecified atom stereocenters. The van der Waals surface area contributed by atoms with Crippen LogP contribution in [0.4, 0.5) is 4.79 Å². The van der Waals surface area contributed by atoms with E-state index in [4.69, 9.17) is 10.9 Å². The molecule has 0 radical (unpaired) electrons. The first-order chi connectivity index (χ1) is 8.85. The van der Waals surface area contributed by atoms with Crippen molar-refractivity contribution < 1.29 is 23.2 Å². The Bertz CT molecular complexity index is 455. The highest BCUT2D eigenvalue weighted by Crippen LogP contribution is 2.29. The number of rotatable bonds is 4. The number of methoxy groups -OCH3 is 1. The predicted molar refractivity (Wildman–Crippen MR) is 66.8 cm³/mol. The first-order valence-corrected chi connectivity index (χ1v) is 7.21. The van der Waals surface area contributed by atoms with Crippen LogP contribution in [-0.4, -0.2) is 38.2 Å². The van der Waals surface area contributed by atoms with Gasteiger partial charge in [-0.1, -0.05) is 24.4 Å². The maximum absolute atomic E-state index is 11.8. The van der Waals surface area contributed by atoms with E-state index < -0.39 is 21.8 Å². The lowest BCUT2D eigenvalue weighted by Gasteiger charge is -2.36. The zero-order valence-corrected chi connectivity index (χ0v) is 11.4. The van der Waals surface area contributed by atoms with Gasteiger partial charge >= 0.3 is 16.3 Å². The lowest BCUT2D eigenvalue weighted by Crippen LogP contribution is -2.61. The number of hydrogen-bond donors (Lipinski definition) is 4. The van der Waals surface area contributed by atoms with E-state index in [0.717, 1.165) is 26.4 Å². The van der Waals surface area contributed by atoms with Crippen molar-refractivity contribution >= 4 is 22.1 Å². The number of nitrogens with zero attached hydrogens (tertiary/aromatic N) is 1. The van der Waals surface area contributed by atoms with Crippen LogP contribution < -0.4 is 15.2 Å². The summed E-state index contributed by atoms with van der Waals surface area (Å²) in [5, 5.41) is 11.7. The van der Waals surface area contributed by atoms with Gasteiger partial charge in [-0.05, 0) is 12.8 Å². The van der Waals surface area contributed by atoms with Crippen LogP contribution in [-0.2, 0) is 14.9 Å². The highest BCUT2D eigenvalue weighted by atomic mass is 32.2. The highest BCUT2D eigenvalue weighted by Gasteiger charge is 2.40. The van der Waals surface area contributed by atoms with E-state index in [2.05, 4.69) is 14.6 Å². The molecule has 0 spiro atoms. The van der Waals surface area contributed by atoms with E-state index in [-0.39, 0.29) is 5.84 Å². The molecule has 0 atom stereocenters. The number of hydrogen-bond acceptors (Lipinski definition) is 6. The number of amides is 1. The summed E-state index contributed by atoms with van der Waals surface area (Å²) >= 11 is 0. The number of amidine groups is 1. The Kier molecular flexibility index (Phi) is 4.95. The maximum atomic E-state index is 11.8. The van der Waals surface area contributed by atoms with Crippen molar-refractivity contribution in [1.29, 1.82) is 0 Å². The van der Waals surface area contributed by atoms with E-state index in [9.17, 15) is 13.2 Å². The van der Waals surface area contributed by atoms with Crippen molar-refractivity contribution in [3.05, 3.63) is 0 Å². The largest absolute Gasteiger partial charge is 0.452 e. The van der Waals surface area contributed by atoms with Gasteiger partial charge in [0.15, 0.2) is 5.84 Å². The first-order valence-electron chi connectivity index (χ1n) is 5.73. The second-order valence-electron chi connectivity index (χ2n) is 4.33. The van der Waals surface area contributed by atoms with Gasteiger partial charge in [-0.25, -0.2) is 9.52 Å². The first kappa shape index (κ1) is 15.5. The van der Waals surface area contributed by atoms with Gasteiger partial charge in [-0.15, -0.1) is 0 Å². The molecule has 1 aliphatic carbocycles. The Balaban J connectivity index is 2.92. The fourth-order valence-electron chi connectivity index (χ4n) is 2.10. The minimum absolute atomic E-state index is 0.220. The molecule has 1 amide bonds. The van der Waals surface area contributed by atoms with Crippen LogP contribution >= 0.6 is 0 Å². The van der Waals surface area contributed by atoms with Crippen molar-refractivity contribution in [2.24, 2.45) is 10.9 Å². The molecule has 5 N–H and O–H groups in total. The molecule has 0 aromatic carbocycles. The van der Waals surface area contributed by atoms with Crippen molar-refractivity contribution in [3.63, 3.8) is 0 Å². The Morgan fingerprint density at radius 3 is 2.42 bits per heavy atom. The second-order valence-corrected chi connectivity index (χ2v) is 5.74. The zero-order chi connectivity index (χ0) is 14.5. The molecule has 110 valence electrons. The molecule has 1 rings (SSSR count). The van der Waals surface area contributed by atoms with Crippen LogP contribution in [0.3, 0.4) is 0 Å². The Morgan fingerprint density at radius 2 is 1.95 bits per heavy atom. The number of oxime groups is 1. The van der Waals surface area contributed by atoms with Crippen molar-refractivity contribution in [3.8, 4) is 0 Å². The van der Waals surface area contributed by atoms with Gasteiger partial charge in [0, 0.05) is 0 Å². The lowest BCUT2D eigenvalue weighted by atomic mass is 9.82. The second kappa shape index (κ2) is 6.06. The van der Waals surface area contributed by atoms with Crippen molar-refractivity contribution in [2.45, 2.75) is 37.6 Å². The molecule has 1 saturated carbocycles. The Labute approximate surface area is 111 Å². The van der Waals surface area contributed by atoms with Crippen LogP contribution in [0.25, 0.3) is 0 Å². The van der Waals surface area contributed by atoms with E-state index in [1.807, 2.05) is 0 Å². The molecule has 19 heavy (non-hydrogen) atoms. The number of carbonyl (C=O) groups is 1. The third-order valence-electron chi connectivity index (χ3n) is 3.04. The average Bonchev–Trinajstić information content (AvgIpc) is 2.37. The lowest BCUT2D eigenvalue weighted by molar-refractivity contribution is 0.177. The quantitative estimate of drug-likeness (QED) is 0.241. The summed E-state index contributed by atoms with van der Waals surface area (Å²) in [4.78, 5) is 10.9. The van der Waals surface area contributed by atoms with Gasteiger partial charge in [0.25, 0.3) is 0 Å². The zero-order valence-electron chi connectivity index (χ0n) is 10.5. The summed E-state index contributed by atoms with van der Waals surface area (Å²) in [5.41, 5.74) is 4.41. The van der Waals surface area contributed by atoms with E-state index in [1.165, 1.54) is 0 Å². The minimum atomic E-state index is -4.15. The molecule has 0 saturated heterocycles. The molecular weight excluding hydrogens is 276 g/mol. The third kappa shape index (κ3) is 3.96. The summed E-state index contributed by atoms with van der Waals surface area (Å²) in [6.07, 6.45) is 2.08. The fraction of sp³-hybridized carbons (Fsp3) is 0.778. The molecule has 10 heteroatoms. The molecule has 1 aliphatic rings. The summed E-state index contributed by atoms with van der Waals surface area (Å²) in [5.74, 6) is -0.220. The van der Waals surface area contributed by atoms with Gasteiger partial charge in [-0.2, -0.15) is 13.1 Å². The standard InChI is InChI=1S/C9H18N4O5S/c1-18-8(14)12-19(16,17)13-9(7(10)11-15)5-3-2-4-6-9/h13,15H,2-6H2,1H3,(H2,10,11)(H,12,14). The smallest absolute Gasteiger partial charge is 0.421 e. The summed E-state index contributed by atoms with van der Waals surface area (Å²) < 4.78 is 31.7. The van der Waals surface area contributed by atoms with Gasteiger partial charge in [0.2, 0.25) is 0 Å². The molecule has 9 nitrogen and oxygen atoms in total. The molecular formula is C9H18N4O5S. The van der Waals surface area contributed by atoms with Gasteiger partial charge in [-0.3, -0.25) is 0 Å². The topological polar surface area (TPSA) is 143 Å². The third-order valence-corrected chi connectivity index (χ3v) is 4.13. The van der Waals surface area contributed by atoms with E-state index in [1.54, 1.807) is 4.72 Å². The molecule has 0 heterocycles. The number of nitrogens with two attached hydrogens (primary N) is 1. The van der Waals surface area contributed by atoms with Crippen molar-refractivity contribution in [1.82, 2.24) is 9.44 Å². The minimum Gasteiger partial charge on any atom is -0.452 e. The van der Waals surface area contributed by atoms with Crippen LogP contribution in [0.5, 0.6) is 0 Å². The number of nitrogens with one attached hydrogen (secondary N) is 2. The normalized spacial score (nSPS) is 19.7. The summed E-state index contributed by atoms with van der Waals surface area (Å²) in [6, 6.07) is 0. The van der Waals surface area contributed by atoms with Crippen LogP contribution in [0, 0.1) is 0 Å². The van der Waals surface area contributed by atoms with E-state index >= 15 is 0 Å². The molecule has 0 bridgehead atoms. The van der Waals surface area contributed by atoms with Gasteiger partial charge < -0.3 is 15.7 Å². The Hall–Kier alpha value is -1.55. The van der Waals surface area contributed by atoms with Crippen LogP contribution in [0.15, 0.2) is 5.16 Å². The van der Waals surface area contributed by atoms with Gasteiger partial charge in [0.05, 0.1) is 12.6 Å². The fourth-order valence-corrected chi connectivity index (χ4v) is 3.27. The average molecular weight is 294 g/mol. The Morgan fingerprint density at radius 1 is 1.37 bits per heavy atom. The summed E-state index contributed by atoms with van der Waals surface area (Å²) in [6.45, 7) is 0. The molecule has 0 aliphatic heterocycles. The predicted octanol–water partition coefficient (Wildman–Crippen LogP) is -0.374. The van der Waals surface area contributed by atoms with Crippen molar-refractivity contribution in [2.75, 3.05) is 7.11 Å². The molecule has 0 aromatic heterocycles.